The molecule has 2 N–H and O–H groups in total. The Hall–Kier alpha value is -2.86. The summed E-state index contributed by atoms with van der Waals surface area (Å²) in [4.78, 5) is 38.9. The van der Waals surface area contributed by atoms with Crippen molar-refractivity contribution in [2.24, 2.45) is 0 Å². The number of urea groups is 1. The average Bonchev–Trinajstić information content (AvgIpc) is 2.93. The normalized spacial score (nSPS) is 18.9. The molecule has 1 saturated heterocycles. The van der Waals surface area contributed by atoms with E-state index in [1.807, 2.05) is 37.3 Å². The van der Waals surface area contributed by atoms with Gasteiger partial charge in [0, 0.05) is 11.6 Å². The number of benzene rings is 2. The number of amides is 4. The SMILES string of the molecule is CCC[C@@]1(c2ccccc2)NC(=O)N(CC(=O)NCc2ccc(Cl)cc2)C1=O. The third-order valence-corrected chi connectivity index (χ3v) is 5.02. The van der Waals surface area contributed by atoms with Gasteiger partial charge in [0.1, 0.15) is 12.1 Å². The molecule has 0 unspecified atom stereocenters. The number of imide groups is 1. The molecule has 0 saturated carbocycles. The Morgan fingerprint density at radius 3 is 2.43 bits per heavy atom. The van der Waals surface area contributed by atoms with Crippen molar-refractivity contribution in [3.8, 4) is 0 Å². The maximum atomic E-state index is 13.1. The van der Waals surface area contributed by atoms with E-state index in [2.05, 4.69) is 10.6 Å². The molecule has 1 heterocycles. The fraction of sp³-hybridized carbons (Fsp3) is 0.286. The van der Waals surface area contributed by atoms with Crippen molar-refractivity contribution in [2.45, 2.75) is 31.8 Å². The molecule has 0 spiro atoms. The van der Waals surface area contributed by atoms with Gasteiger partial charge in [0.25, 0.3) is 5.91 Å². The van der Waals surface area contributed by atoms with Crippen LogP contribution in [-0.2, 0) is 21.7 Å². The predicted molar refractivity (Wildman–Crippen MR) is 107 cm³/mol. The van der Waals surface area contributed by atoms with Gasteiger partial charge in [-0.15, -0.1) is 0 Å². The molecular formula is C21H22ClN3O3. The molecule has 1 fully saturated rings. The number of hydrogen-bond acceptors (Lipinski definition) is 3. The second-order valence-corrected chi connectivity index (χ2v) is 7.18. The third kappa shape index (κ3) is 4.02. The van der Waals surface area contributed by atoms with Gasteiger partial charge in [0.15, 0.2) is 0 Å². The second-order valence-electron chi connectivity index (χ2n) is 6.75. The van der Waals surface area contributed by atoms with Crippen molar-refractivity contribution >= 4 is 29.4 Å². The molecule has 3 rings (SSSR count). The molecule has 2 aromatic rings. The highest BCUT2D eigenvalue weighted by Crippen LogP contribution is 2.33. The summed E-state index contributed by atoms with van der Waals surface area (Å²) in [5.74, 6) is -0.800. The van der Waals surface area contributed by atoms with E-state index in [-0.39, 0.29) is 6.54 Å². The molecule has 7 heteroatoms. The highest BCUT2D eigenvalue weighted by molar-refractivity contribution is 6.30. The lowest BCUT2D eigenvalue weighted by Crippen LogP contribution is -2.45. The Kier molecular flexibility index (Phi) is 5.99. The van der Waals surface area contributed by atoms with Crippen LogP contribution >= 0.6 is 11.6 Å². The standard InChI is InChI=1S/C21H22ClN3O3/c1-2-12-21(16-6-4-3-5-7-16)19(27)25(20(28)24-21)14-18(26)23-13-15-8-10-17(22)11-9-15/h3-11H,2,12-14H2,1H3,(H,23,26)(H,24,28)/t21-/m0/s1. The fourth-order valence-electron chi connectivity index (χ4n) is 3.38. The first-order valence-electron chi connectivity index (χ1n) is 9.17. The topological polar surface area (TPSA) is 78.5 Å². The van der Waals surface area contributed by atoms with Gasteiger partial charge >= 0.3 is 6.03 Å². The number of nitrogens with zero attached hydrogens (tertiary/aromatic N) is 1. The molecule has 1 aliphatic rings. The van der Waals surface area contributed by atoms with Gasteiger partial charge in [-0.1, -0.05) is 67.4 Å². The Morgan fingerprint density at radius 2 is 1.79 bits per heavy atom. The first-order chi connectivity index (χ1) is 13.5. The number of rotatable bonds is 7. The molecule has 146 valence electrons. The van der Waals surface area contributed by atoms with Crippen LogP contribution in [0.15, 0.2) is 54.6 Å². The Bertz CT molecular complexity index is 870. The zero-order valence-electron chi connectivity index (χ0n) is 15.6. The van der Waals surface area contributed by atoms with Crippen LogP contribution in [0.1, 0.15) is 30.9 Å². The van der Waals surface area contributed by atoms with Crippen LogP contribution in [0.4, 0.5) is 4.79 Å². The first kappa shape index (κ1) is 19.9. The molecule has 4 amide bonds. The quantitative estimate of drug-likeness (QED) is 0.702. The van der Waals surface area contributed by atoms with E-state index < -0.39 is 23.4 Å². The van der Waals surface area contributed by atoms with Crippen LogP contribution in [0.2, 0.25) is 5.02 Å². The summed E-state index contributed by atoms with van der Waals surface area (Å²) in [5, 5.41) is 6.16. The number of nitrogens with one attached hydrogen (secondary N) is 2. The smallest absolute Gasteiger partial charge is 0.325 e. The van der Waals surface area contributed by atoms with E-state index in [0.29, 0.717) is 24.4 Å². The van der Waals surface area contributed by atoms with Crippen molar-refractivity contribution < 1.29 is 14.4 Å². The van der Waals surface area contributed by atoms with E-state index in [9.17, 15) is 14.4 Å². The fourth-order valence-corrected chi connectivity index (χ4v) is 3.51. The second kappa shape index (κ2) is 8.44. The van der Waals surface area contributed by atoms with Crippen LogP contribution in [0.25, 0.3) is 0 Å². The van der Waals surface area contributed by atoms with Crippen LogP contribution in [0.5, 0.6) is 0 Å². The molecule has 0 aliphatic carbocycles. The molecule has 6 nitrogen and oxygen atoms in total. The van der Waals surface area contributed by atoms with Crippen LogP contribution in [0.3, 0.4) is 0 Å². The lowest BCUT2D eigenvalue weighted by molar-refractivity contribution is -0.135. The van der Waals surface area contributed by atoms with E-state index in [1.54, 1.807) is 24.3 Å². The van der Waals surface area contributed by atoms with Crippen LogP contribution < -0.4 is 10.6 Å². The van der Waals surface area contributed by atoms with Gasteiger partial charge in [-0.25, -0.2) is 4.79 Å². The van der Waals surface area contributed by atoms with Gasteiger partial charge in [0.2, 0.25) is 5.91 Å². The lowest BCUT2D eigenvalue weighted by atomic mass is 9.85. The average molecular weight is 400 g/mol. The van der Waals surface area contributed by atoms with E-state index in [1.165, 1.54) is 0 Å². The summed E-state index contributed by atoms with van der Waals surface area (Å²) in [6.07, 6.45) is 1.17. The minimum absolute atomic E-state index is 0.290. The minimum Gasteiger partial charge on any atom is -0.350 e. The molecule has 1 atom stereocenters. The van der Waals surface area contributed by atoms with Gasteiger partial charge in [-0.2, -0.15) is 0 Å². The molecule has 0 radical (unpaired) electrons. The van der Waals surface area contributed by atoms with Gasteiger partial charge in [0.05, 0.1) is 0 Å². The highest BCUT2D eigenvalue weighted by atomic mass is 35.5. The van der Waals surface area contributed by atoms with Crippen molar-refractivity contribution in [3.63, 3.8) is 0 Å². The van der Waals surface area contributed by atoms with Crippen molar-refractivity contribution in [1.29, 1.82) is 0 Å². The van der Waals surface area contributed by atoms with Crippen molar-refractivity contribution in [1.82, 2.24) is 15.5 Å². The largest absolute Gasteiger partial charge is 0.350 e. The van der Waals surface area contributed by atoms with Gasteiger partial charge in [-0.05, 0) is 29.7 Å². The van der Waals surface area contributed by atoms with Crippen molar-refractivity contribution in [3.05, 3.63) is 70.7 Å². The molecule has 1 aliphatic heterocycles. The van der Waals surface area contributed by atoms with Crippen molar-refractivity contribution in [2.75, 3.05) is 6.54 Å². The summed E-state index contributed by atoms with van der Waals surface area (Å²) in [7, 11) is 0. The van der Waals surface area contributed by atoms with E-state index in [0.717, 1.165) is 16.0 Å². The molecule has 0 bridgehead atoms. The summed E-state index contributed by atoms with van der Waals surface area (Å²) >= 11 is 5.85. The Morgan fingerprint density at radius 1 is 1.11 bits per heavy atom. The zero-order valence-corrected chi connectivity index (χ0v) is 16.3. The minimum atomic E-state index is -1.12. The molecule has 0 aromatic heterocycles. The van der Waals surface area contributed by atoms with Crippen LogP contribution in [0, 0.1) is 0 Å². The highest BCUT2D eigenvalue weighted by Gasteiger charge is 2.52. The predicted octanol–water partition coefficient (Wildman–Crippen LogP) is 3.20. The lowest BCUT2D eigenvalue weighted by Gasteiger charge is -2.26. The number of carbonyl (C=O) groups is 3. The number of hydrogen-bond donors (Lipinski definition) is 2. The summed E-state index contributed by atoms with van der Waals surface area (Å²) in [5.41, 5.74) is 0.475. The molecular weight excluding hydrogens is 378 g/mol. The monoisotopic (exact) mass is 399 g/mol. The summed E-state index contributed by atoms with van der Waals surface area (Å²) < 4.78 is 0. The Labute approximate surface area is 168 Å². The summed E-state index contributed by atoms with van der Waals surface area (Å²) in [6.45, 7) is 1.92. The molecule has 2 aromatic carbocycles. The van der Waals surface area contributed by atoms with Crippen LogP contribution in [-0.4, -0.2) is 29.3 Å². The van der Waals surface area contributed by atoms with E-state index >= 15 is 0 Å². The van der Waals surface area contributed by atoms with Gasteiger partial charge < -0.3 is 10.6 Å². The molecule has 28 heavy (non-hydrogen) atoms. The third-order valence-electron chi connectivity index (χ3n) is 4.77. The summed E-state index contributed by atoms with van der Waals surface area (Å²) in [6, 6.07) is 15.7. The van der Waals surface area contributed by atoms with Gasteiger partial charge in [-0.3, -0.25) is 14.5 Å². The zero-order chi connectivity index (χ0) is 20.1. The number of halogens is 1. The number of carbonyl (C=O) groups excluding carboxylic acids is 3. The first-order valence-corrected chi connectivity index (χ1v) is 9.55. The maximum Gasteiger partial charge on any atom is 0.325 e. The maximum absolute atomic E-state index is 13.1. The Balaban J connectivity index is 1.70. The van der Waals surface area contributed by atoms with E-state index in [4.69, 9.17) is 11.6 Å².